The number of carbonyl (C=O) groups is 1. The average Bonchev–Trinajstić information content (AvgIpc) is 3.25. The second-order valence-electron chi connectivity index (χ2n) is 8.85. The first-order chi connectivity index (χ1) is 12.5. The van der Waals surface area contributed by atoms with E-state index in [9.17, 15) is 4.79 Å². The second-order valence-corrected chi connectivity index (χ2v) is 8.85. The van der Waals surface area contributed by atoms with Gasteiger partial charge in [0.1, 0.15) is 6.10 Å². The van der Waals surface area contributed by atoms with Crippen LogP contribution in [-0.4, -0.2) is 18.7 Å². The number of rotatable bonds is 7. The molecule has 3 rings (SSSR count). The molecule has 0 saturated heterocycles. The molecule has 0 N–H and O–H groups in total. The lowest BCUT2D eigenvalue weighted by atomic mass is 9.75. The van der Waals surface area contributed by atoms with Crippen LogP contribution in [0.25, 0.3) is 0 Å². The molecular weight excluding hydrogens is 324 g/mol. The van der Waals surface area contributed by atoms with Gasteiger partial charge in [-0.2, -0.15) is 0 Å². The van der Waals surface area contributed by atoms with E-state index in [4.69, 9.17) is 9.47 Å². The first-order valence-electron chi connectivity index (χ1n) is 10.3. The van der Waals surface area contributed by atoms with Gasteiger partial charge in [0.2, 0.25) is 0 Å². The van der Waals surface area contributed by atoms with Gasteiger partial charge in [0.05, 0.1) is 19.1 Å². The Morgan fingerprint density at radius 2 is 1.88 bits per heavy atom. The van der Waals surface area contributed by atoms with Crippen molar-refractivity contribution >= 4 is 5.97 Å². The summed E-state index contributed by atoms with van der Waals surface area (Å²) in [6, 6.07) is 10.2. The minimum atomic E-state index is 0.00978. The molecule has 0 aromatic heterocycles. The summed E-state index contributed by atoms with van der Waals surface area (Å²) in [4.78, 5) is 12.7. The molecule has 3 heteroatoms. The van der Waals surface area contributed by atoms with Gasteiger partial charge >= 0.3 is 5.97 Å². The van der Waals surface area contributed by atoms with Crippen LogP contribution in [0.15, 0.2) is 30.3 Å². The van der Waals surface area contributed by atoms with Crippen LogP contribution in [0.3, 0.4) is 0 Å². The fourth-order valence-electron chi connectivity index (χ4n) is 4.56. The molecule has 1 aromatic rings. The highest BCUT2D eigenvalue weighted by molar-refractivity contribution is 5.76. The minimum Gasteiger partial charge on any atom is -0.462 e. The lowest BCUT2D eigenvalue weighted by Gasteiger charge is -2.36. The molecule has 26 heavy (non-hydrogen) atoms. The van der Waals surface area contributed by atoms with Crippen molar-refractivity contribution in [3.05, 3.63) is 35.9 Å². The van der Waals surface area contributed by atoms with Crippen LogP contribution in [0, 0.1) is 35.5 Å². The maximum Gasteiger partial charge on any atom is 0.309 e. The van der Waals surface area contributed by atoms with Crippen LogP contribution >= 0.6 is 0 Å². The first kappa shape index (κ1) is 19.4. The summed E-state index contributed by atoms with van der Waals surface area (Å²) in [7, 11) is 0. The Morgan fingerprint density at radius 3 is 2.58 bits per heavy atom. The van der Waals surface area contributed by atoms with Crippen LogP contribution in [-0.2, 0) is 20.9 Å². The van der Waals surface area contributed by atoms with Gasteiger partial charge in [0.15, 0.2) is 0 Å². The molecule has 0 amide bonds. The number of ether oxygens (including phenoxy) is 2. The Bertz CT molecular complexity index is 582. The molecule has 144 valence electrons. The van der Waals surface area contributed by atoms with Gasteiger partial charge in [-0.25, -0.2) is 0 Å². The Balaban J connectivity index is 1.47. The summed E-state index contributed by atoms with van der Waals surface area (Å²) in [6.07, 6.45) is 3.56. The molecule has 3 nitrogen and oxygen atoms in total. The summed E-state index contributed by atoms with van der Waals surface area (Å²) in [5, 5.41) is 0. The highest BCUT2D eigenvalue weighted by Gasteiger charge is 2.53. The van der Waals surface area contributed by atoms with Crippen LogP contribution in [0.5, 0.6) is 0 Å². The minimum absolute atomic E-state index is 0.00978. The van der Waals surface area contributed by atoms with Crippen molar-refractivity contribution in [3.8, 4) is 0 Å². The van der Waals surface area contributed by atoms with E-state index < -0.39 is 0 Å². The second kappa shape index (κ2) is 8.56. The zero-order chi connectivity index (χ0) is 18.7. The smallest absolute Gasteiger partial charge is 0.309 e. The molecule has 0 heterocycles. The van der Waals surface area contributed by atoms with Gasteiger partial charge in [-0.15, -0.1) is 0 Å². The van der Waals surface area contributed by atoms with E-state index in [1.165, 1.54) is 18.4 Å². The van der Waals surface area contributed by atoms with Crippen molar-refractivity contribution in [2.75, 3.05) is 6.61 Å². The van der Waals surface area contributed by atoms with Crippen molar-refractivity contribution in [2.45, 2.75) is 59.7 Å². The van der Waals surface area contributed by atoms with Gasteiger partial charge < -0.3 is 9.47 Å². The van der Waals surface area contributed by atoms with E-state index in [-0.39, 0.29) is 18.0 Å². The number of benzene rings is 1. The molecule has 6 unspecified atom stereocenters. The third kappa shape index (κ3) is 4.68. The third-order valence-electron chi connectivity index (χ3n) is 6.49. The van der Waals surface area contributed by atoms with E-state index in [0.29, 0.717) is 42.8 Å². The number of hydrogen-bond acceptors (Lipinski definition) is 3. The predicted octanol–water partition coefficient (Wildman–Crippen LogP) is 5.09. The molecule has 2 fully saturated rings. The Labute approximate surface area is 158 Å². The van der Waals surface area contributed by atoms with Gasteiger partial charge in [-0.3, -0.25) is 4.79 Å². The predicted molar refractivity (Wildman–Crippen MR) is 103 cm³/mol. The van der Waals surface area contributed by atoms with Crippen molar-refractivity contribution in [1.29, 1.82) is 0 Å². The zero-order valence-corrected chi connectivity index (χ0v) is 16.7. The SMILES string of the molecule is CC1CCC(C(C)C)C(OC(=O)C2C(C)C2COCc2ccccc2)C1. The van der Waals surface area contributed by atoms with E-state index >= 15 is 0 Å². The highest BCUT2D eigenvalue weighted by atomic mass is 16.5. The van der Waals surface area contributed by atoms with Crippen molar-refractivity contribution in [1.82, 2.24) is 0 Å². The summed E-state index contributed by atoms with van der Waals surface area (Å²) in [5.74, 6) is 2.45. The monoisotopic (exact) mass is 358 g/mol. The topological polar surface area (TPSA) is 35.5 Å². The highest BCUT2D eigenvalue weighted by Crippen LogP contribution is 2.48. The third-order valence-corrected chi connectivity index (χ3v) is 6.49. The summed E-state index contributed by atoms with van der Waals surface area (Å²) in [5.41, 5.74) is 1.18. The normalized spacial score (nSPS) is 33.9. The van der Waals surface area contributed by atoms with Crippen molar-refractivity contribution < 1.29 is 14.3 Å². The molecule has 0 radical (unpaired) electrons. The Morgan fingerprint density at radius 1 is 1.15 bits per heavy atom. The van der Waals surface area contributed by atoms with Gasteiger partial charge in [-0.05, 0) is 48.0 Å². The first-order valence-corrected chi connectivity index (χ1v) is 10.3. The Kier molecular flexibility index (Phi) is 6.39. The lowest BCUT2D eigenvalue weighted by Crippen LogP contribution is -2.36. The molecule has 0 bridgehead atoms. The van der Waals surface area contributed by atoms with E-state index in [2.05, 4.69) is 39.8 Å². The summed E-state index contributed by atoms with van der Waals surface area (Å²) >= 11 is 0. The molecule has 2 aliphatic rings. The van der Waals surface area contributed by atoms with Gasteiger partial charge in [0.25, 0.3) is 0 Å². The Hall–Kier alpha value is -1.35. The standard InChI is InChI=1S/C23H34O3/c1-15(2)19-11-10-16(3)12-21(19)26-23(24)22-17(4)20(22)14-25-13-18-8-6-5-7-9-18/h5-9,15-17,19-22H,10-14H2,1-4H3. The average molecular weight is 359 g/mol. The largest absolute Gasteiger partial charge is 0.462 e. The number of esters is 1. The van der Waals surface area contributed by atoms with E-state index in [1.807, 2.05) is 18.2 Å². The molecule has 2 aliphatic carbocycles. The van der Waals surface area contributed by atoms with E-state index in [1.54, 1.807) is 0 Å². The maximum absolute atomic E-state index is 12.7. The van der Waals surface area contributed by atoms with Crippen LogP contribution in [0.2, 0.25) is 0 Å². The molecular formula is C23H34O3. The molecule has 1 aromatic carbocycles. The van der Waals surface area contributed by atoms with Crippen LogP contribution in [0.4, 0.5) is 0 Å². The summed E-state index contributed by atoms with van der Waals surface area (Å²) in [6.45, 7) is 10.2. The molecule has 0 spiro atoms. The number of hydrogen-bond donors (Lipinski definition) is 0. The fourth-order valence-corrected chi connectivity index (χ4v) is 4.56. The fraction of sp³-hybridized carbons (Fsp3) is 0.696. The molecule has 0 aliphatic heterocycles. The summed E-state index contributed by atoms with van der Waals surface area (Å²) < 4.78 is 11.9. The lowest BCUT2D eigenvalue weighted by molar-refractivity contribution is -0.158. The zero-order valence-electron chi connectivity index (χ0n) is 16.7. The molecule has 2 saturated carbocycles. The van der Waals surface area contributed by atoms with Crippen LogP contribution < -0.4 is 0 Å². The van der Waals surface area contributed by atoms with Gasteiger partial charge in [-0.1, -0.05) is 64.4 Å². The number of carbonyl (C=O) groups excluding carboxylic acids is 1. The van der Waals surface area contributed by atoms with E-state index in [0.717, 1.165) is 6.42 Å². The molecule has 6 atom stereocenters. The van der Waals surface area contributed by atoms with Crippen LogP contribution in [0.1, 0.15) is 52.5 Å². The maximum atomic E-state index is 12.7. The van der Waals surface area contributed by atoms with Gasteiger partial charge in [0, 0.05) is 0 Å². The quantitative estimate of drug-likeness (QED) is 0.637. The van der Waals surface area contributed by atoms with Crippen molar-refractivity contribution in [3.63, 3.8) is 0 Å². The van der Waals surface area contributed by atoms with Crippen molar-refractivity contribution in [2.24, 2.45) is 35.5 Å².